The molecule has 4 rings (SSSR count). The van der Waals surface area contributed by atoms with E-state index in [1.807, 2.05) is 7.05 Å². The first-order chi connectivity index (χ1) is 12.7. The third-order valence-corrected chi connectivity index (χ3v) is 6.86. The summed E-state index contributed by atoms with van der Waals surface area (Å²) in [7, 11) is 2.03. The molecule has 1 aromatic rings. The predicted octanol–water partition coefficient (Wildman–Crippen LogP) is 3.03. The minimum atomic E-state index is 0.0652. The molecule has 26 heavy (non-hydrogen) atoms. The summed E-state index contributed by atoms with van der Waals surface area (Å²) >= 11 is 0. The van der Waals surface area contributed by atoms with Crippen LogP contribution in [-0.2, 0) is 11.3 Å². The Bertz CT molecular complexity index is 583. The van der Waals surface area contributed by atoms with E-state index in [1.54, 1.807) is 0 Å². The summed E-state index contributed by atoms with van der Waals surface area (Å²) in [6.45, 7) is 3.19. The zero-order valence-corrected chi connectivity index (χ0v) is 16.1. The van der Waals surface area contributed by atoms with Gasteiger partial charge in [0.1, 0.15) is 0 Å². The molecule has 0 radical (unpaired) electrons. The zero-order valence-electron chi connectivity index (χ0n) is 16.1. The van der Waals surface area contributed by atoms with Crippen LogP contribution in [0.1, 0.15) is 50.5 Å². The maximum Gasteiger partial charge on any atom is 0.239 e. The molecule has 0 bridgehead atoms. The van der Waals surface area contributed by atoms with Gasteiger partial charge in [-0.3, -0.25) is 9.69 Å². The number of nitrogens with one attached hydrogen (secondary N) is 1. The third-order valence-electron chi connectivity index (χ3n) is 6.86. The van der Waals surface area contributed by atoms with E-state index in [2.05, 4.69) is 45.4 Å². The fraction of sp³-hybridized carbons (Fsp3) is 0.682. The topological polar surface area (TPSA) is 35.6 Å². The van der Waals surface area contributed by atoms with Crippen LogP contribution in [0.4, 0.5) is 0 Å². The lowest BCUT2D eigenvalue weighted by atomic mass is 9.85. The molecule has 3 atom stereocenters. The molecular formula is C22H33N3O. The third kappa shape index (κ3) is 3.96. The second-order valence-corrected chi connectivity index (χ2v) is 8.55. The van der Waals surface area contributed by atoms with Crippen molar-refractivity contribution in [3.05, 3.63) is 35.9 Å². The van der Waals surface area contributed by atoms with Gasteiger partial charge in [-0.05, 0) is 43.6 Å². The number of hydrogen-bond donors (Lipinski definition) is 1. The molecule has 1 aliphatic carbocycles. The number of amides is 1. The van der Waals surface area contributed by atoms with E-state index in [0.717, 1.165) is 44.8 Å². The number of hydrogen-bond acceptors (Lipinski definition) is 3. The van der Waals surface area contributed by atoms with Crippen molar-refractivity contribution >= 4 is 5.91 Å². The molecule has 142 valence electrons. The summed E-state index contributed by atoms with van der Waals surface area (Å²) in [5.41, 5.74) is 1.38. The number of benzene rings is 1. The number of fused-ring (bicyclic) bond motifs is 1. The highest BCUT2D eigenvalue weighted by atomic mass is 16.2. The minimum Gasteiger partial charge on any atom is -0.341 e. The van der Waals surface area contributed by atoms with E-state index in [-0.39, 0.29) is 6.04 Å². The van der Waals surface area contributed by atoms with Crippen molar-refractivity contribution in [3.8, 4) is 0 Å². The molecule has 1 saturated carbocycles. The highest BCUT2D eigenvalue weighted by Crippen LogP contribution is 2.34. The van der Waals surface area contributed by atoms with Crippen molar-refractivity contribution in [3.63, 3.8) is 0 Å². The zero-order chi connectivity index (χ0) is 17.9. The van der Waals surface area contributed by atoms with Gasteiger partial charge < -0.3 is 10.2 Å². The number of likely N-dealkylation sites (N-methyl/N-ethyl adjacent to an activating group) is 1. The van der Waals surface area contributed by atoms with Gasteiger partial charge in [0.25, 0.3) is 0 Å². The number of likely N-dealkylation sites (tertiary alicyclic amines) is 1. The Labute approximate surface area is 157 Å². The Morgan fingerprint density at radius 3 is 2.58 bits per heavy atom. The summed E-state index contributed by atoms with van der Waals surface area (Å²) in [5, 5.41) is 3.65. The number of carbonyl (C=O) groups excluding carboxylic acids is 1. The second kappa shape index (κ2) is 8.10. The Balaban J connectivity index is 1.26. The number of carbonyl (C=O) groups is 1. The van der Waals surface area contributed by atoms with Gasteiger partial charge >= 0.3 is 0 Å². The maximum atomic E-state index is 13.0. The number of piperidine rings is 1. The molecule has 2 saturated heterocycles. The Kier molecular flexibility index (Phi) is 5.60. The smallest absolute Gasteiger partial charge is 0.239 e. The molecule has 0 spiro atoms. The van der Waals surface area contributed by atoms with Crippen LogP contribution in [0.2, 0.25) is 0 Å². The van der Waals surface area contributed by atoms with Gasteiger partial charge in [0.2, 0.25) is 5.91 Å². The van der Waals surface area contributed by atoms with Crippen molar-refractivity contribution < 1.29 is 4.79 Å². The lowest BCUT2D eigenvalue weighted by Crippen LogP contribution is -2.50. The molecule has 4 heteroatoms. The van der Waals surface area contributed by atoms with Gasteiger partial charge in [-0.2, -0.15) is 0 Å². The Morgan fingerprint density at radius 1 is 1.12 bits per heavy atom. The second-order valence-electron chi connectivity index (χ2n) is 8.55. The maximum absolute atomic E-state index is 13.0. The Hall–Kier alpha value is -1.39. The first kappa shape index (κ1) is 18.0. The van der Waals surface area contributed by atoms with Crippen molar-refractivity contribution in [2.45, 2.75) is 69.6 Å². The molecule has 2 heterocycles. The van der Waals surface area contributed by atoms with Gasteiger partial charge in [0, 0.05) is 38.8 Å². The molecular weight excluding hydrogens is 322 g/mol. The normalized spacial score (nSPS) is 30.1. The molecule has 1 amide bonds. The minimum absolute atomic E-state index is 0.0652. The van der Waals surface area contributed by atoms with Crippen LogP contribution in [-0.4, -0.2) is 54.0 Å². The number of rotatable bonds is 4. The monoisotopic (exact) mass is 355 g/mol. The van der Waals surface area contributed by atoms with Gasteiger partial charge in [-0.1, -0.05) is 43.2 Å². The standard InChI is InChI=1S/C22H33N3O/c1-24(22(26)21-15-18-9-5-6-10-20(18)23-21)19-11-13-25(14-12-19)16-17-7-3-2-4-8-17/h2-4,7-8,18-21,23H,5-6,9-16H2,1H3. The predicted molar refractivity (Wildman–Crippen MR) is 105 cm³/mol. The van der Waals surface area contributed by atoms with Crippen LogP contribution >= 0.6 is 0 Å². The van der Waals surface area contributed by atoms with E-state index in [9.17, 15) is 4.79 Å². The lowest BCUT2D eigenvalue weighted by Gasteiger charge is -2.37. The molecule has 4 nitrogen and oxygen atoms in total. The van der Waals surface area contributed by atoms with Crippen molar-refractivity contribution in [1.82, 2.24) is 15.1 Å². The molecule has 3 unspecified atom stereocenters. The van der Waals surface area contributed by atoms with Crippen molar-refractivity contribution in [1.29, 1.82) is 0 Å². The molecule has 1 aromatic carbocycles. The molecule has 1 N–H and O–H groups in total. The summed E-state index contributed by atoms with van der Waals surface area (Å²) in [6, 6.07) is 11.8. The van der Waals surface area contributed by atoms with Gasteiger partial charge in [0.15, 0.2) is 0 Å². The van der Waals surface area contributed by atoms with Crippen LogP contribution in [0.5, 0.6) is 0 Å². The summed E-state index contributed by atoms with van der Waals surface area (Å²) < 4.78 is 0. The molecule has 3 aliphatic rings. The quantitative estimate of drug-likeness (QED) is 0.902. The lowest BCUT2D eigenvalue weighted by molar-refractivity contribution is -0.134. The van der Waals surface area contributed by atoms with E-state index in [1.165, 1.54) is 31.2 Å². The summed E-state index contributed by atoms with van der Waals surface area (Å²) in [4.78, 5) is 17.6. The average molecular weight is 356 g/mol. The largest absolute Gasteiger partial charge is 0.341 e. The van der Waals surface area contributed by atoms with Crippen LogP contribution < -0.4 is 5.32 Å². The first-order valence-electron chi connectivity index (χ1n) is 10.5. The summed E-state index contributed by atoms with van der Waals surface area (Å²) in [6.07, 6.45) is 8.48. The first-order valence-corrected chi connectivity index (χ1v) is 10.5. The van der Waals surface area contributed by atoms with Crippen LogP contribution in [0.3, 0.4) is 0 Å². The molecule has 2 aliphatic heterocycles. The Morgan fingerprint density at radius 2 is 1.85 bits per heavy atom. The SMILES string of the molecule is CN(C(=O)C1CC2CCCCC2N1)C1CCN(Cc2ccccc2)CC1. The van der Waals surface area contributed by atoms with E-state index in [0.29, 0.717) is 18.0 Å². The van der Waals surface area contributed by atoms with Crippen LogP contribution in [0.15, 0.2) is 30.3 Å². The van der Waals surface area contributed by atoms with Gasteiger partial charge in [-0.25, -0.2) is 0 Å². The highest BCUT2D eigenvalue weighted by molar-refractivity contribution is 5.82. The molecule has 3 fully saturated rings. The van der Waals surface area contributed by atoms with Gasteiger partial charge in [-0.15, -0.1) is 0 Å². The number of nitrogens with zero attached hydrogens (tertiary/aromatic N) is 2. The molecule has 0 aromatic heterocycles. The van der Waals surface area contributed by atoms with E-state index >= 15 is 0 Å². The van der Waals surface area contributed by atoms with E-state index < -0.39 is 0 Å². The van der Waals surface area contributed by atoms with Crippen LogP contribution in [0, 0.1) is 5.92 Å². The van der Waals surface area contributed by atoms with E-state index in [4.69, 9.17) is 0 Å². The highest BCUT2D eigenvalue weighted by Gasteiger charge is 2.40. The van der Waals surface area contributed by atoms with Crippen molar-refractivity contribution in [2.75, 3.05) is 20.1 Å². The van der Waals surface area contributed by atoms with Crippen molar-refractivity contribution in [2.24, 2.45) is 5.92 Å². The summed E-state index contributed by atoms with van der Waals surface area (Å²) in [5.74, 6) is 1.07. The average Bonchev–Trinajstić information content (AvgIpc) is 3.12. The fourth-order valence-corrected chi connectivity index (χ4v) is 5.24. The van der Waals surface area contributed by atoms with Crippen LogP contribution in [0.25, 0.3) is 0 Å². The fourth-order valence-electron chi connectivity index (χ4n) is 5.24. The van der Waals surface area contributed by atoms with Gasteiger partial charge in [0.05, 0.1) is 6.04 Å².